The van der Waals surface area contributed by atoms with Gasteiger partial charge in [0, 0.05) is 11.6 Å². The number of nitrogens with zero attached hydrogens (tertiary/aromatic N) is 1. The van der Waals surface area contributed by atoms with E-state index in [1.165, 1.54) is 12.1 Å². The largest absolute Gasteiger partial charge is 0.507 e. The number of hydrogen-bond acceptors (Lipinski definition) is 5. The van der Waals surface area contributed by atoms with Crippen LogP contribution in [0.1, 0.15) is 27.0 Å². The van der Waals surface area contributed by atoms with Crippen LogP contribution in [0.25, 0.3) is 11.1 Å². The number of aldehydes is 1. The predicted molar refractivity (Wildman–Crippen MR) is 105 cm³/mol. The third-order valence-electron chi connectivity index (χ3n) is 4.27. The Kier molecular flexibility index (Phi) is 5.95. The van der Waals surface area contributed by atoms with E-state index in [0.29, 0.717) is 17.4 Å². The fraction of sp³-hybridized carbons (Fsp3) is 0.0909. The van der Waals surface area contributed by atoms with Gasteiger partial charge in [-0.1, -0.05) is 48.0 Å². The van der Waals surface area contributed by atoms with Crippen LogP contribution in [-0.4, -0.2) is 16.5 Å². The molecule has 140 valence electrons. The summed E-state index contributed by atoms with van der Waals surface area (Å²) in [6, 6.07) is 17.5. The number of carbonyl (C=O) groups excluding carboxylic acids is 1. The number of ether oxygens (including phenoxy) is 1. The molecule has 5 nitrogen and oxygen atoms in total. The monoisotopic (exact) mass is 393 g/mol. The summed E-state index contributed by atoms with van der Waals surface area (Å²) in [6.45, 7) is -0.0344. The van der Waals surface area contributed by atoms with Crippen molar-refractivity contribution in [3.05, 3.63) is 81.9 Å². The highest BCUT2D eigenvalue weighted by atomic mass is 35.5. The summed E-state index contributed by atoms with van der Waals surface area (Å²) in [6.07, 6.45) is 0.503. The Morgan fingerprint density at radius 3 is 2.64 bits per heavy atom. The van der Waals surface area contributed by atoms with Gasteiger partial charge in [0.05, 0.1) is 22.8 Å². The van der Waals surface area contributed by atoms with Crippen molar-refractivity contribution in [1.82, 2.24) is 0 Å². The first-order chi connectivity index (χ1) is 13.6. The molecule has 0 saturated heterocycles. The summed E-state index contributed by atoms with van der Waals surface area (Å²) in [4.78, 5) is 10.9. The molecule has 28 heavy (non-hydrogen) atoms. The van der Waals surface area contributed by atoms with Crippen LogP contribution >= 0.6 is 11.6 Å². The number of phenols is 1. The van der Waals surface area contributed by atoms with Crippen LogP contribution < -0.4 is 4.74 Å². The van der Waals surface area contributed by atoms with Crippen LogP contribution in [0.2, 0.25) is 5.02 Å². The van der Waals surface area contributed by atoms with Crippen molar-refractivity contribution >= 4 is 17.9 Å². The molecule has 0 saturated carbocycles. The van der Waals surface area contributed by atoms with Crippen molar-refractivity contribution in [3.63, 3.8) is 0 Å². The Morgan fingerprint density at radius 1 is 1.14 bits per heavy atom. The third kappa shape index (κ3) is 3.99. The van der Waals surface area contributed by atoms with Crippen molar-refractivity contribution in [2.24, 2.45) is 0 Å². The molecule has 0 bridgehead atoms. The minimum Gasteiger partial charge on any atom is -0.507 e. The molecule has 0 aliphatic rings. The summed E-state index contributed by atoms with van der Waals surface area (Å²) >= 11 is 6.10. The molecule has 0 unspecified atom stereocenters. The molecule has 3 rings (SSSR count). The summed E-state index contributed by atoms with van der Waals surface area (Å²) in [5.41, 5.74) is 3.45. The zero-order chi connectivity index (χ0) is 20.1. The Labute approximate surface area is 167 Å². The van der Waals surface area contributed by atoms with E-state index in [9.17, 15) is 20.3 Å². The first-order valence-electron chi connectivity index (χ1n) is 8.40. The zero-order valence-electron chi connectivity index (χ0n) is 14.7. The maximum atomic E-state index is 10.9. The number of carbonyl (C=O) groups is 1. The lowest BCUT2D eigenvalue weighted by molar-refractivity contribution is 0.112. The van der Waals surface area contributed by atoms with E-state index in [4.69, 9.17) is 16.3 Å². The minimum atomic E-state index is -0.232. The second kappa shape index (κ2) is 8.57. The van der Waals surface area contributed by atoms with Crippen molar-refractivity contribution < 1.29 is 19.7 Å². The van der Waals surface area contributed by atoms with Crippen molar-refractivity contribution in [2.45, 2.75) is 13.2 Å². The quantitative estimate of drug-likeness (QED) is 0.603. The number of aromatic hydroxyl groups is 1. The molecular weight excluding hydrogens is 378 g/mol. The number of aliphatic hydroxyl groups excluding tert-OH is 1. The first-order valence-corrected chi connectivity index (χ1v) is 8.77. The van der Waals surface area contributed by atoms with E-state index in [2.05, 4.69) is 6.07 Å². The highest BCUT2D eigenvalue weighted by Crippen LogP contribution is 2.33. The number of nitriles is 1. The summed E-state index contributed by atoms with van der Waals surface area (Å²) < 4.78 is 5.68. The highest BCUT2D eigenvalue weighted by Gasteiger charge is 2.13. The molecule has 0 amide bonds. The van der Waals surface area contributed by atoms with Crippen LogP contribution in [-0.2, 0) is 13.2 Å². The van der Waals surface area contributed by atoms with Gasteiger partial charge in [-0.25, -0.2) is 0 Å². The summed E-state index contributed by atoms with van der Waals surface area (Å²) in [7, 11) is 0. The van der Waals surface area contributed by atoms with E-state index in [0.717, 1.165) is 16.7 Å². The lowest BCUT2D eigenvalue weighted by Gasteiger charge is -2.13. The topological polar surface area (TPSA) is 90.5 Å². The molecule has 6 heteroatoms. The van der Waals surface area contributed by atoms with Crippen molar-refractivity contribution in [3.8, 4) is 28.7 Å². The Hall–Kier alpha value is -3.33. The lowest BCUT2D eigenvalue weighted by Crippen LogP contribution is -2.01. The minimum absolute atomic E-state index is 0.0516. The predicted octanol–water partition coefficient (Wildman–Crippen LogP) is 4.47. The average Bonchev–Trinajstić information content (AvgIpc) is 2.73. The van der Waals surface area contributed by atoms with Crippen LogP contribution in [0.5, 0.6) is 11.5 Å². The van der Waals surface area contributed by atoms with Gasteiger partial charge in [0.2, 0.25) is 0 Å². The molecule has 0 aromatic heterocycles. The molecule has 2 N–H and O–H groups in total. The molecule has 0 spiro atoms. The van der Waals surface area contributed by atoms with Gasteiger partial charge in [-0.05, 0) is 28.8 Å². The Bertz CT molecular complexity index is 1070. The second-order valence-corrected chi connectivity index (χ2v) is 6.47. The molecule has 0 heterocycles. The SMILES string of the molecule is N#Cc1c(COc2cc(O)c(C=O)cc2Cl)cccc1-c1cccc(CO)c1. The summed E-state index contributed by atoms with van der Waals surface area (Å²) in [5.74, 6) is -0.0224. The maximum Gasteiger partial charge on any atom is 0.153 e. The maximum absolute atomic E-state index is 10.9. The zero-order valence-corrected chi connectivity index (χ0v) is 15.5. The Balaban J connectivity index is 1.93. The van der Waals surface area contributed by atoms with Gasteiger partial charge in [-0.15, -0.1) is 0 Å². The van der Waals surface area contributed by atoms with E-state index >= 15 is 0 Å². The van der Waals surface area contributed by atoms with E-state index in [-0.39, 0.29) is 35.3 Å². The van der Waals surface area contributed by atoms with Gasteiger partial charge in [0.15, 0.2) is 6.29 Å². The molecule has 0 radical (unpaired) electrons. The fourth-order valence-electron chi connectivity index (χ4n) is 2.85. The number of rotatable bonds is 6. The molecule has 0 aliphatic carbocycles. The van der Waals surface area contributed by atoms with Crippen molar-refractivity contribution in [2.75, 3.05) is 0 Å². The van der Waals surface area contributed by atoms with Gasteiger partial charge in [-0.3, -0.25) is 4.79 Å². The van der Waals surface area contributed by atoms with Crippen LogP contribution in [0.15, 0.2) is 54.6 Å². The molecule has 3 aromatic rings. The fourth-order valence-corrected chi connectivity index (χ4v) is 3.08. The first kappa shape index (κ1) is 19.4. The smallest absolute Gasteiger partial charge is 0.153 e. The number of phenolic OH excluding ortho intramolecular Hbond substituents is 1. The van der Waals surface area contributed by atoms with Crippen LogP contribution in [0, 0.1) is 11.3 Å². The molecular formula is C22H16ClNO4. The van der Waals surface area contributed by atoms with Crippen LogP contribution in [0.4, 0.5) is 0 Å². The van der Waals surface area contributed by atoms with Crippen molar-refractivity contribution in [1.29, 1.82) is 5.26 Å². The van der Waals surface area contributed by atoms with Gasteiger partial charge in [0.25, 0.3) is 0 Å². The number of halogens is 1. The third-order valence-corrected chi connectivity index (χ3v) is 4.57. The molecule has 0 atom stereocenters. The molecule has 0 fully saturated rings. The van der Waals surface area contributed by atoms with E-state index in [1.807, 2.05) is 30.3 Å². The van der Waals surface area contributed by atoms with Gasteiger partial charge in [-0.2, -0.15) is 5.26 Å². The second-order valence-electron chi connectivity index (χ2n) is 6.06. The number of benzene rings is 3. The highest BCUT2D eigenvalue weighted by molar-refractivity contribution is 6.32. The number of aliphatic hydroxyl groups is 1. The normalized spacial score (nSPS) is 10.3. The summed E-state index contributed by atoms with van der Waals surface area (Å²) in [5, 5.41) is 29.0. The van der Waals surface area contributed by atoms with Gasteiger partial charge < -0.3 is 14.9 Å². The standard InChI is InChI=1S/C22H16ClNO4/c23-20-8-17(12-26)21(27)9-22(20)28-13-16-5-2-6-18(19(16)10-24)15-4-1-3-14(7-15)11-25/h1-9,12,25,27H,11,13H2. The van der Waals surface area contributed by atoms with Crippen LogP contribution in [0.3, 0.4) is 0 Å². The van der Waals surface area contributed by atoms with Gasteiger partial charge >= 0.3 is 0 Å². The molecule has 0 aliphatic heterocycles. The average molecular weight is 394 g/mol. The Morgan fingerprint density at radius 2 is 1.93 bits per heavy atom. The lowest BCUT2D eigenvalue weighted by atomic mass is 9.95. The number of hydrogen-bond donors (Lipinski definition) is 2. The van der Waals surface area contributed by atoms with E-state index < -0.39 is 0 Å². The van der Waals surface area contributed by atoms with Gasteiger partial charge in [0.1, 0.15) is 24.2 Å². The molecule has 3 aromatic carbocycles. The van der Waals surface area contributed by atoms with E-state index in [1.54, 1.807) is 12.1 Å².